The summed E-state index contributed by atoms with van der Waals surface area (Å²) in [6.07, 6.45) is 3.28. The fourth-order valence-electron chi connectivity index (χ4n) is 2.51. The van der Waals surface area contributed by atoms with Gasteiger partial charge in [-0.1, -0.05) is 12.5 Å². The van der Waals surface area contributed by atoms with E-state index in [0.717, 1.165) is 38.0 Å². The first kappa shape index (κ1) is 13.0. The highest BCUT2D eigenvalue weighted by Gasteiger charge is 2.26. The lowest BCUT2D eigenvalue weighted by Gasteiger charge is -2.33. The van der Waals surface area contributed by atoms with Gasteiger partial charge in [-0.25, -0.2) is 4.98 Å². The van der Waals surface area contributed by atoms with Gasteiger partial charge in [-0.2, -0.15) is 0 Å². The van der Waals surface area contributed by atoms with Crippen LogP contribution in [0.5, 0.6) is 5.88 Å². The molecule has 0 radical (unpaired) electrons. The van der Waals surface area contributed by atoms with Crippen molar-refractivity contribution in [2.24, 2.45) is 0 Å². The Morgan fingerprint density at radius 1 is 1.50 bits per heavy atom. The van der Waals surface area contributed by atoms with Gasteiger partial charge in [-0.3, -0.25) is 9.69 Å². The molecule has 1 unspecified atom stereocenters. The number of hydrogen-bond donors (Lipinski definition) is 0. The SMILES string of the molecule is COc1cccc(CN2CCCCC2C(C)=O)n1. The molecule has 1 saturated heterocycles. The van der Waals surface area contributed by atoms with Crippen molar-refractivity contribution in [3.05, 3.63) is 23.9 Å². The van der Waals surface area contributed by atoms with Crippen LogP contribution in [0.2, 0.25) is 0 Å². The Bertz CT molecular complexity index is 420. The molecule has 1 aromatic heterocycles. The number of Topliss-reactive ketones (excluding diaryl/α,β-unsaturated/α-hetero) is 1. The summed E-state index contributed by atoms with van der Waals surface area (Å²) < 4.78 is 5.12. The van der Waals surface area contributed by atoms with E-state index in [1.807, 2.05) is 18.2 Å². The van der Waals surface area contributed by atoms with Crippen molar-refractivity contribution in [3.63, 3.8) is 0 Å². The Labute approximate surface area is 108 Å². The number of aromatic nitrogens is 1. The van der Waals surface area contributed by atoms with Crippen molar-refractivity contribution in [1.29, 1.82) is 0 Å². The smallest absolute Gasteiger partial charge is 0.213 e. The molecule has 0 amide bonds. The molecule has 0 aliphatic carbocycles. The number of nitrogens with zero attached hydrogens (tertiary/aromatic N) is 2. The maximum atomic E-state index is 11.6. The van der Waals surface area contributed by atoms with Crippen LogP contribution in [0.25, 0.3) is 0 Å². The highest BCUT2D eigenvalue weighted by atomic mass is 16.5. The lowest BCUT2D eigenvalue weighted by atomic mass is 9.99. The number of ketones is 1. The van der Waals surface area contributed by atoms with Crippen LogP contribution in [0, 0.1) is 0 Å². The minimum atomic E-state index is 0.0618. The monoisotopic (exact) mass is 248 g/mol. The van der Waals surface area contributed by atoms with Crippen LogP contribution in [-0.4, -0.2) is 35.4 Å². The predicted octanol–water partition coefficient (Wildman–Crippen LogP) is 2.03. The normalized spacial score (nSPS) is 20.7. The van der Waals surface area contributed by atoms with E-state index < -0.39 is 0 Å². The van der Waals surface area contributed by atoms with Crippen molar-refractivity contribution >= 4 is 5.78 Å². The molecule has 1 atom stereocenters. The van der Waals surface area contributed by atoms with Crippen molar-refractivity contribution < 1.29 is 9.53 Å². The van der Waals surface area contributed by atoms with E-state index in [2.05, 4.69) is 9.88 Å². The Kier molecular flexibility index (Phi) is 4.31. The second kappa shape index (κ2) is 5.96. The number of pyridine rings is 1. The first-order chi connectivity index (χ1) is 8.70. The molecule has 1 aliphatic rings. The zero-order valence-corrected chi connectivity index (χ0v) is 11.1. The Morgan fingerprint density at radius 2 is 2.33 bits per heavy atom. The second-order valence-electron chi connectivity index (χ2n) is 4.76. The van der Waals surface area contributed by atoms with Crippen LogP contribution in [0.3, 0.4) is 0 Å². The van der Waals surface area contributed by atoms with E-state index in [-0.39, 0.29) is 11.8 Å². The van der Waals surface area contributed by atoms with Crippen molar-refractivity contribution in [2.75, 3.05) is 13.7 Å². The molecule has 1 fully saturated rings. The quantitative estimate of drug-likeness (QED) is 0.817. The minimum absolute atomic E-state index is 0.0618. The van der Waals surface area contributed by atoms with Crippen LogP contribution >= 0.6 is 0 Å². The van der Waals surface area contributed by atoms with Crippen LogP contribution < -0.4 is 4.74 Å². The predicted molar refractivity (Wildman–Crippen MR) is 69.5 cm³/mol. The highest BCUT2D eigenvalue weighted by Crippen LogP contribution is 2.20. The van der Waals surface area contributed by atoms with Gasteiger partial charge in [0.25, 0.3) is 0 Å². The first-order valence-electron chi connectivity index (χ1n) is 6.45. The molecule has 1 aromatic rings. The molecule has 0 aromatic carbocycles. The number of hydrogen-bond acceptors (Lipinski definition) is 4. The zero-order chi connectivity index (χ0) is 13.0. The molecule has 1 aliphatic heterocycles. The lowest BCUT2D eigenvalue weighted by Crippen LogP contribution is -2.43. The largest absolute Gasteiger partial charge is 0.481 e. The standard InChI is InChI=1S/C14H20N2O2/c1-11(17)13-7-3-4-9-16(13)10-12-6-5-8-14(15-12)18-2/h5-6,8,13H,3-4,7,9-10H2,1-2H3. The van der Waals surface area contributed by atoms with Gasteiger partial charge in [0.05, 0.1) is 18.8 Å². The molecule has 18 heavy (non-hydrogen) atoms. The summed E-state index contributed by atoms with van der Waals surface area (Å²) in [7, 11) is 1.62. The van der Waals surface area contributed by atoms with E-state index in [9.17, 15) is 4.79 Å². The average molecular weight is 248 g/mol. The topological polar surface area (TPSA) is 42.4 Å². The van der Waals surface area contributed by atoms with Gasteiger partial charge in [0, 0.05) is 12.6 Å². The van der Waals surface area contributed by atoms with E-state index in [4.69, 9.17) is 4.74 Å². The third-order valence-corrected chi connectivity index (χ3v) is 3.44. The molecule has 0 bridgehead atoms. The molecule has 0 spiro atoms. The fourth-order valence-corrected chi connectivity index (χ4v) is 2.51. The third-order valence-electron chi connectivity index (χ3n) is 3.44. The third kappa shape index (κ3) is 3.07. The number of likely N-dealkylation sites (tertiary alicyclic amines) is 1. The fraction of sp³-hybridized carbons (Fsp3) is 0.571. The van der Waals surface area contributed by atoms with Gasteiger partial charge in [0.1, 0.15) is 5.78 Å². The summed E-state index contributed by atoms with van der Waals surface area (Å²) in [4.78, 5) is 18.3. The minimum Gasteiger partial charge on any atom is -0.481 e. The lowest BCUT2D eigenvalue weighted by molar-refractivity contribution is -0.123. The summed E-state index contributed by atoms with van der Waals surface area (Å²) in [5.41, 5.74) is 0.961. The Morgan fingerprint density at radius 3 is 3.06 bits per heavy atom. The van der Waals surface area contributed by atoms with E-state index in [1.165, 1.54) is 0 Å². The molecule has 2 heterocycles. The molecule has 0 N–H and O–H groups in total. The maximum absolute atomic E-state index is 11.6. The zero-order valence-electron chi connectivity index (χ0n) is 11.1. The second-order valence-corrected chi connectivity index (χ2v) is 4.76. The molecule has 4 nitrogen and oxygen atoms in total. The van der Waals surface area contributed by atoms with Crippen LogP contribution in [-0.2, 0) is 11.3 Å². The number of rotatable bonds is 4. The van der Waals surface area contributed by atoms with Gasteiger partial charge in [0.2, 0.25) is 5.88 Å². The Balaban J connectivity index is 2.08. The van der Waals surface area contributed by atoms with Crippen molar-refractivity contribution in [1.82, 2.24) is 9.88 Å². The average Bonchev–Trinajstić information content (AvgIpc) is 2.39. The van der Waals surface area contributed by atoms with Crippen molar-refractivity contribution in [3.8, 4) is 5.88 Å². The van der Waals surface area contributed by atoms with Gasteiger partial charge in [-0.05, 0) is 32.4 Å². The van der Waals surface area contributed by atoms with Gasteiger partial charge in [-0.15, -0.1) is 0 Å². The molecular weight excluding hydrogens is 228 g/mol. The number of methoxy groups -OCH3 is 1. The molecular formula is C14H20N2O2. The summed E-state index contributed by atoms with van der Waals surface area (Å²) in [6.45, 7) is 3.38. The number of piperidine rings is 1. The summed E-state index contributed by atoms with van der Waals surface area (Å²) in [5.74, 6) is 0.890. The van der Waals surface area contributed by atoms with E-state index >= 15 is 0 Å². The number of carbonyl (C=O) groups excluding carboxylic acids is 1. The number of ether oxygens (including phenoxy) is 1. The van der Waals surface area contributed by atoms with Gasteiger partial charge < -0.3 is 4.74 Å². The van der Waals surface area contributed by atoms with E-state index in [1.54, 1.807) is 14.0 Å². The number of carbonyl (C=O) groups is 1. The molecule has 4 heteroatoms. The molecule has 0 saturated carbocycles. The summed E-state index contributed by atoms with van der Waals surface area (Å²) in [6, 6.07) is 5.82. The summed E-state index contributed by atoms with van der Waals surface area (Å²) >= 11 is 0. The van der Waals surface area contributed by atoms with Gasteiger partial charge in [0.15, 0.2) is 0 Å². The van der Waals surface area contributed by atoms with Crippen LogP contribution in [0.15, 0.2) is 18.2 Å². The first-order valence-corrected chi connectivity index (χ1v) is 6.45. The highest BCUT2D eigenvalue weighted by molar-refractivity contribution is 5.81. The summed E-state index contributed by atoms with van der Waals surface area (Å²) in [5, 5.41) is 0. The van der Waals surface area contributed by atoms with Gasteiger partial charge >= 0.3 is 0 Å². The van der Waals surface area contributed by atoms with E-state index in [0.29, 0.717) is 5.88 Å². The Hall–Kier alpha value is -1.42. The van der Waals surface area contributed by atoms with Crippen LogP contribution in [0.4, 0.5) is 0 Å². The molecule has 2 rings (SSSR count). The maximum Gasteiger partial charge on any atom is 0.213 e. The molecule has 98 valence electrons. The van der Waals surface area contributed by atoms with Crippen molar-refractivity contribution in [2.45, 2.75) is 38.8 Å². The van der Waals surface area contributed by atoms with Crippen LogP contribution in [0.1, 0.15) is 31.9 Å².